The van der Waals surface area contributed by atoms with Crippen molar-refractivity contribution in [2.45, 2.75) is 18.6 Å². The zero-order chi connectivity index (χ0) is 11.4. The van der Waals surface area contributed by atoms with Crippen LogP contribution < -0.4 is 0 Å². The van der Waals surface area contributed by atoms with Crippen molar-refractivity contribution < 1.29 is 20.1 Å². The number of thiophene rings is 1. The number of aliphatic hydroxyl groups excluding tert-OH is 2. The second-order valence-electron chi connectivity index (χ2n) is 3.03. The van der Waals surface area contributed by atoms with Gasteiger partial charge in [0.1, 0.15) is 6.10 Å². The fourth-order valence-corrected chi connectivity index (χ4v) is 2.23. The molecular weight excluding hydrogens is 240 g/mol. The largest absolute Gasteiger partial charge is 0.478 e. The first-order chi connectivity index (χ1) is 7.06. The van der Waals surface area contributed by atoms with E-state index in [1.807, 2.05) is 0 Å². The maximum atomic E-state index is 10.6. The van der Waals surface area contributed by atoms with Gasteiger partial charge in [0.15, 0.2) is 0 Å². The summed E-state index contributed by atoms with van der Waals surface area (Å²) in [6, 6.07) is 1.36. The molecule has 1 heterocycles. The van der Waals surface area contributed by atoms with Crippen molar-refractivity contribution in [3.8, 4) is 0 Å². The molecule has 2 atom stereocenters. The molecule has 0 amide bonds. The van der Waals surface area contributed by atoms with Crippen LogP contribution in [0.4, 0.5) is 0 Å². The first kappa shape index (κ1) is 12.4. The standard InChI is InChI=1S/C9H11ClO4S/c10-2-1-6(11)8(12)7-3-5(4-15-7)9(13)14/h3-4,6,8,11-12H,1-2H2,(H,13,14). The lowest BCUT2D eigenvalue weighted by atomic mass is 10.1. The number of carbonyl (C=O) groups is 1. The first-order valence-corrected chi connectivity index (χ1v) is 5.71. The van der Waals surface area contributed by atoms with Crippen LogP contribution in [0.1, 0.15) is 27.8 Å². The molecule has 1 aromatic rings. The zero-order valence-electron chi connectivity index (χ0n) is 7.76. The molecular formula is C9H11ClO4S. The van der Waals surface area contributed by atoms with E-state index in [0.29, 0.717) is 4.88 Å². The number of hydrogen-bond acceptors (Lipinski definition) is 4. The minimum Gasteiger partial charge on any atom is -0.478 e. The predicted octanol–water partition coefficient (Wildman–Crippen LogP) is 1.47. The topological polar surface area (TPSA) is 77.8 Å². The summed E-state index contributed by atoms with van der Waals surface area (Å²) in [5.74, 6) is -0.799. The van der Waals surface area contributed by atoms with Gasteiger partial charge in [-0.05, 0) is 12.5 Å². The van der Waals surface area contributed by atoms with Crippen LogP contribution in [0.25, 0.3) is 0 Å². The Morgan fingerprint density at radius 3 is 2.67 bits per heavy atom. The smallest absolute Gasteiger partial charge is 0.336 e. The summed E-state index contributed by atoms with van der Waals surface area (Å²) in [5.41, 5.74) is 0.118. The van der Waals surface area contributed by atoms with E-state index in [4.69, 9.17) is 16.7 Å². The summed E-state index contributed by atoms with van der Waals surface area (Å²) < 4.78 is 0. The molecule has 0 aliphatic carbocycles. The quantitative estimate of drug-likeness (QED) is 0.692. The molecule has 0 bridgehead atoms. The molecule has 6 heteroatoms. The number of alkyl halides is 1. The van der Waals surface area contributed by atoms with Gasteiger partial charge >= 0.3 is 5.97 Å². The fourth-order valence-electron chi connectivity index (χ4n) is 1.08. The molecule has 0 spiro atoms. The summed E-state index contributed by atoms with van der Waals surface area (Å²) in [7, 11) is 0. The lowest BCUT2D eigenvalue weighted by Crippen LogP contribution is -2.17. The van der Waals surface area contributed by atoms with E-state index < -0.39 is 18.2 Å². The van der Waals surface area contributed by atoms with E-state index in [1.165, 1.54) is 11.4 Å². The summed E-state index contributed by atoms with van der Waals surface area (Å²) in [6.45, 7) is 0. The van der Waals surface area contributed by atoms with Crippen LogP contribution in [-0.4, -0.2) is 33.3 Å². The molecule has 1 rings (SSSR count). The highest BCUT2D eigenvalue weighted by Crippen LogP contribution is 2.26. The van der Waals surface area contributed by atoms with E-state index in [1.54, 1.807) is 0 Å². The van der Waals surface area contributed by atoms with Crippen LogP contribution in [0.15, 0.2) is 11.4 Å². The number of aromatic carboxylic acids is 1. The van der Waals surface area contributed by atoms with E-state index >= 15 is 0 Å². The Bertz CT molecular complexity index is 339. The molecule has 0 saturated carbocycles. The first-order valence-electron chi connectivity index (χ1n) is 4.30. The Morgan fingerprint density at radius 2 is 2.20 bits per heavy atom. The lowest BCUT2D eigenvalue weighted by Gasteiger charge is -2.14. The number of aliphatic hydroxyl groups is 2. The Hall–Kier alpha value is -0.620. The van der Waals surface area contributed by atoms with Crippen molar-refractivity contribution in [2.24, 2.45) is 0 Å². The number of carboxylic acids is 1. The van der Waals surface area contributed by atoms with Gasteiger partial charge in [-0.3, -0.25) is 0 Å². The van der Waals surface area contributed by atoms with Gasteiger partial charge in [-0.25, -0.2) is 4.79 Å². The number of carboxylic acid groups (broad SMARTS) is 1. The van der Waals surface area contributed by atoms with Crippen LogP contribution in [0.3, 0.4) is 0 Å². The maximum Gasteiger partial charge on any atom is 0.336 e. The average molecular weight is 251 g/mol. The third-order valence-electron chi connectivity index (χ3n) is 1.93. The second kappa shape index (κ2) is 5.46. The van der Waals surface area contributed by atoms with E-state index in [2.05, 4.69) is 0 Å². The normalized spacial score (nSPS) is 14.9. The number of rotatable bonds is 5. The molecule has 0 saturated heterocycles. The van der Waals surface area contributed by atoms with Crippen LogP contribution in [-0.2, 0) is 0 Å². The summed E-state index contributed by atoms with van der Waals surface area (Å²) in [6.07, 6.45) is -1.76. The number of halogens is 1. The summed E-state index contributed by atoms with van der Waals surface area (Å²) in [4.78, 5) is 11.0. The zero-order valence-corrected chi connectivity index (χ0v) is 9.33. The highest BCUT2D eigenvalue weighted by Gasteiger charge is 2.20. The van der Waals surface area contributed by atoms with Crippen molar-refractivity contribution in [1.29, 1.82) is 0 Å². The molecule has 0 radical (unpaired) electrons. The van der Waals surface area contributed by atoms with Crippen LogP contribution in [0, 0.1) is 0 Å². The third kappa shape index (κ3) is 3.17. The highest BCUT2D eigenvalue weighted by molar-refractivity contribution is 7.10. The lowest BCUT2D eigenvalue weighted by molar-refractivity contribution is 0.0191. The Kier molecular flexibility index (Phi) is 4.53. The van der Waals surface area contributed by atoms with Crippen molar-refractivity contribution in [1.82, 2.24) is 0 Å². The van der Waals surface area contributed by atoms with Gasteiger partial charge in [-0.1, -0.05) is 0 Å². The molecule has 0 aliphatic rings. The average Bonchev–Trinajstić information content (AvgIpc) is 2.65. The van der Waals surface area contributed by atoms with Gasteiger partial charge in [0.05, 0.1) is 11.7 Å². The molecule has 4 nitrogen and oxygen atoms in total. The van der Waals surface area contributed by atoms with Gasteiger partial charge in [-0.2, -0.15) is 0 Å². The van der Waals surface area contributed by atoms with Gasteiger partial charge in [0.2, 0.25) is 0 Å². The maximum absolute atomic E-state index is 10.6. The van der Waals surface area contributed by atoms with E-state index in [9.17, 15) is 15.0 Å². The van der Waals surface area contributed by atoms with Gasteiger partial charge in [0, 0.05) is 16.1 Å². The van der Waals surface area contributed by atoms with Crippen molar-refractivity contribution >= 4 is 28.9 Å². The van der Waals surface area contributed by atoms with Gasteiger partial charge in [-0.15, -0.1) is 22.9 Å². The summed E-state index contributed by atoms with van der Waals surface area (Å²) in [5, 5.41) is 29.2. The molecule has 1 aromatic heterocycles. The molecule has 0 fully saturated rings. The third-order valence-corrected chi connectivity index (χ3v) is 3.15. The van der Waals surface area contributed by atoms with Crippen molar-refractivity contribution in [3.05, 3.63) is 21.9 Å². The van der Waals surface area contributed by atoms with Crippen molar-refractivity contribution in [2.75, 3.05) is 5.88 Å². The monoisotopic (exact) mass is 250 g/mol. The van der Waals surface area contributed by atoms with E-state index in [0.717, 1.165) is 11.3 Å². The van der Waals surface area contributed by atoms with Crippen LogP contribution in [0.2, 0.25) is 0 Å². The van der Waals surface area contributed by atoms with Gasteiger partial charge in [0.25, 0.3) is 0 Å². The molecule has 3 N–H and O–H groups in total. The van der Waals surface area contributed by atoms with E-state index in [-0.39, 0.29) is 17.9 Å². The molecule has 15 heavy (non-hydrogen) atoms. The Labute approximate surface area is 95.7 Å². The summed E-state index contributed by atoms with van der Waals surface area (Å²) >= 11 is 6.53. The van der Waals surface area contributed by atoms with Crippen LogP contribution >= 0.6 is 22.9 Å². The Morgan fingerprint density at radius 1 is 1.53 bits per heavy atom. The minimum absolute atomic E-state index is 0.118. The van der Waals surface area contributed by atoms with Crippen molar-refractivity contribution in [3.63, 3.8) is 0 Å². The Balaban J connectivity index is 2.73. The molecule has 84 valence electrons. The SMILES string of the molecule is O=C(O)c1csc(C(O)C(O)CCCl)c1. The molecule has 2 unspecified atom stereocenters. The molecule has 0 aliphatic heterocycles. The molecule has 0 aromatic carbocycles. The number of hydrogen-bond donors (Lipinski definition) is 3. The highest BCUT2D eigenvalue weighted by atomic mass is 35.5. The minimum atomic E-state index is -1.07. The fraction of sp³-hybridized carbons (Fsp3) is 0.444. The van der Waals surface area contributed by atoms with Gasteiger partial charge < -0.3 is 15.3 Å². The predicted molar refractivity (Wildman–Crippen MR) is 57.6 cm³/mol. The second-order valence-corrected chi connectivity index (χ2v) is 4.35. The van der Waals surface area contributed by atoms with Crippen LogP contribution in [0.5, 0.6) is 0 Å².